The summed E-state index contributed by atoms with van der Waals surface area (Å²) >= 11 is 1.72. The number of thioether (sulfide) groups is 1. The molecule has 0 heterocycles. The number of ether oxygens (including phenoxy) is 1. The first-order valence-electron chi connectivity index (χ1n) is 4.38. The van der Waals surface area contributed by atoms with Crippen LogP contribution in [0.5, 0.6) is 0 Å². The van der Waals surface area contributed by atoms with Crippen molar-refractivity contribution in [2.45, 2.75) is 19.4 Å². The fourth-order valence-electron chi connectivity index (χ4n) is 0.914. The Bertz CT molecular complexity index is 208. The molecule has 14 heavy (non-hydrogen) atoms. The van der Waals surface area contributed by atoms with Crippen LogP contribution in [0, 0.1) is 0 Å². The minimum Gasteiger partial charge on any atom is -0.462 e. The second kappa shape index (κ2) is 6.70. The van der Waals surface area contributed by atoms with E-state index < -0.39 is 11.9 Å². The number of hydrogen-bond donors (Lipinski definition) is 0. The summed E-state index contributed by atoms with van der Waals surface area (Å²) in [4.78, 5) is 23.7. The highest BCUT2D eigenvalue weighted by atomic mass is 32.2. The third-order valence-electron chi connectivity index (χ3n) is 2.08. The normalized spacial score (nSPS) is 12.0. The van der Waals surface area contributed by atoms with E-state index in [1.165, 1.54) is 12.0 Å². The number of methoxy groups -OCH3 is 1. The molecule has 0 radical (unpaired) electrons. The third-order valence-corrected chi connectivity index (χ3v) is 2.73. The number of hydrogen-bond acceptors (Lipinski definition) is 4. The first kappa shape index (κ1) is 13.3. The Labute approximate surface area is 89.0 Å². The SMILES string of the molecule is COC(=O)C(=O)N(C)C(C)CCSC. The Balaban J connectivity index is 4.10. The van der Waals surface area contributed by atoms with Crippen molar-refractivity contribution < 1.29 is 14.3 Å². The third kappa shape index (κ3) is 4.00. The van der Waals surface area contributed by atoms with Gasteiger partial charge < -0.3 is 9.64 Å². The fourth-order valence-corrected chi connectivity index (χ4v) is 1.49. The molecule has 0 aliphatic heterocycles. The van der Waals surface area contributed by atoms with Crippen molar-refractivity contribution in [2.24, 2.45) is 0 Å². The molecule has 5 heteroatoms. The maximum Gasteiger partial charge on any atom is 0.396 e. The van der Waals surface area contributed by atoms with Crippen LogP contribution in [0.15, 0.2) is 0 Å². The van der Waals surface area contributed by atoms with E-state index in [4.69, 9.17) is 0 Å². The largest absolute Gasteiger partial charge is 0.462 e. The van der Waals surface area contributed by atoms with Gasteiger partial charge in [-0.15, -0.1) is 0 Å². The lowest BCUT2D eigenvalue weighted by atomic mass is 10.2. The molecule has 0 bridgehead atoms. The van der Waals surface area contributed by atoms with E-state index in [-0.39, 0.29) is 6.04 Å². The standard InChI is InChI=1S/C9H17NO3S/c1-7(5-6-14-4)10(2)8(11)9(12)13-3/h7H,5-6H2,1-4H3. The number of likely N-dealkylation sites (N-methyl/N-ethyl adjacent to an activating group) is 1. The highest BCUT2D eigenvalue weighted by molar-refractivity contribution is 7.98. The van der Waals surface area contributed by atoms with Gasteiger partial charge in [0, 0.05) is 13.1 Å². The molecule has 0 aliphatic rings. The highest BCUT2D eigenvalue weighted by Crippen LogP contribution is 2.06. The zero-order valence-corrected chi connectivity index (χ0v) is 9.89. The minimum absolute atomic E-state index is 0.0639. The van der Waals surface area contributed by atoms with Gasteiger partial charge in [0.05, 0.1) is 7.11 Å². The molecule has 82 valence electrons. The molecule has 1 unspecified atom stereocenters. The van der Waals surface area contributed by atoms with Crippen molar-refractivity contribution in [3.05, 3.63) is 0 Å². The lowest BCUT2D eigenvalue weighted by molar-refractivity contribution is -0.158. The van der Waals surface area contributed by atoms with Gasteiger partial charge in [0.25, 0.3) is 0 Å². The number of carbonyl (C=O) groups is 2. The second-order valence-electron chi connectivity index (χ2n) is 3.04. The predicted molar refractivity (Wildman–Crippen MR) is 57.2 cm³/mol. The second-order valence-corrected chi connectivity index (χ2v) is 4.02. The molecule has 0 aromatic heterocycles. The Morgan fingerprint density at radius 3 is 2.50 bits per heavy atom. The predicted octanol–water partition coefficient (Wildman–Crippen LogP) is 0.759. The zero-order chi connectivity index (χ0) is 11.1. The topological polar surface area (TPSA) is 46.6 Å². The van der Waals surface area contributed by atoms with Crippen LogP contribution in [0.2, 0.25) is 0 Å². The molecule has 0 aliphatic carbocycles. The van der Waals surface area contributed by atoms with Crippen molar-refractivity contribution in [2.75, 3.05) is 26.2 Å². The molecule has 0 spiro atoms. The summed E-state index contributed by atoms with van der Waals surface area (Å²) in [6, 6.07) is 0.0639. The van der Waals surface area contributed by atoms with Crippen LogP contribution >= 0.6 is 11.8 Å². The molecule has 1 atom stereocenters. The van der Waals surface area contributed by atoms with Crippen molar-refractivity contribution in [3.63, 3.8) is 0 Å². The molecular formula is C9H17NO3S. The molecular weight excluding hydrogens is 202 g/mol. The summed E-state index contributed by atoms with van der Waals surface area (Å²) in [5.74, 6) is -0.412. The number of rotatable bonds is 4. The van der Waals surface area contributed by atoms with Crippen LogP contribution in [0.1, 0.15) is 13.3 Å². The average molecular weight is 219 g/mol. The molecule has 1 amide bonds. The monoisotopic (exact) mass is 219 g/mol. The van der Waals surface area contributed by atoms with Gasteiger partial charge in [0.15, 0.2) is 0 Å². The molecule has 0 rings (SSSR count). The van der Waals surface area contributed by atoms with E-state index in [0.717, 1.165) is 12.2 Å². The average Bonchev–Trinajstić information content (AvgIpc) is 2.22. The highest BCUT2D eigenvalue weighted by Gasteiger charge is 2.22. The summed E-state index contributed by atoms with van der Waals surface area (Å²) in [5, 5.41) is 0. The van der Waals surface area contributed by atoms with Crippen LogP contribution in [0.4, 0.5) is 0 Å². The summed E-state index contributed by atoms with van der Waals surface area (Å²) in [6.45, 7) is 1.91. The van der Waals surface area contributed by atoms with Gasteiger partial charge >= 0.3 is 11.9 Å². The lowest BCUT2D eigenvalue weighted by Gasteiger charge is -2.23. The summed E-state index contributed by atoms with van der Waals surface area (Å²) < 4.78 is 4.35. The van der Waals surface area contributed by atoms with Gasteiger partial charge in [-0.3, -0.25) is 4.79 Å². The van der Waals surface area contributed by atoms with E-state index in [1.807, 2.05) is 13.2 Å². The van der Waals surface area contributed by atoms with Gasteiger partial charge in [-0.1, -0.05) is 0 Å². The fraction of sp³-hybridized carbons (Fsp3) is 0.778. The number of nitrogens with zero attached hydrogens (tertiary/aromatic N) is 1. The molecule has 0 aromatic carbocycles. The van der Waals surface area contributed by atoms with Crippen molar-refractivity contribution in [3.8, 4) is 0 Å². The Morgan fingerprint density at radius 1 is 1.50 bits per heavy atom. The van der Waals surface area contributed by atoms with Crippen LogP contribution in [-0.4, -0.2) is 49.0 Å². The Kier molecular flexibility index (Phi) is 6.36. The smallest absolute Gasteiger partial charge is 0.396 e. The van der Waals surface area contributed by atoms with Crippen molar-refractivity contribution in [1.82, 2.24) is 4.90 Å². The van der Waals surface area contributed by atoms with Gasteiger partial charge in [-0.25, -0.2) is 4.79 Å². The van der Waals surface area contributed by atoms with Gasteiger partial charge in [0.2, 0.25) is 0 Å². The molecule has 0 aromatic rings. The molecule has 4 nitrogen and oxygen atoms in total. The van der Waals surface area contributed by atoms with Gasteiger partial charge in [-0.2, -0.15) is 11.8 Å². The van der Waals surface area contributed by atoms with Crippen LogP contribution < -0.4 is 0 Å². The molecule has 0 saturated heterocycles. The van der Waals surface area contributed by atoms with Crippen LogP contribution in [0.3, 0.4) is 0 Å². The Hall–Kier alpha value is -0.710. The van der Waals surface area contributed by atoms with E-state index in [9.17, 15) is 9.59 Å². The maximum atomic E-state index is 11.3. The number of esters is 1. The minimum atomic E-state index is -0.802. The van der Waals surface area contributed by atoms with Crippen LogP contribution in [-0.2, 0) is 14.3 Å². The van der Waals surface area contributed by atoms with E-state index in [1.54, 1.807) is 18.8 Å². The maximum absolute atomic E-state index is 11.3. The Morgan fingerprint density at radius 2 is 2.07 bits per heavy atom. The molecule has 0 fully saturated rings. The van der Waals surface area contributed by atoms with Crippen molar-refractivity contribution in [1.29, 1.82) is 0 Å². The summed E-state index contributed by atoms with van der Waals surface area (Å²) in [5.41, 5.74) is 0. The first-order chi connectivity index (χ1) is 6.54. The van der Waals surface area contributed by atoms with E-state index >= 15 is 0 Å². The van der Waals surface area contributed by atoms with Gasteiger partial charge in [0.1, 0.15) is 0 Å². The van der Waals surface area contributed by atoms with Gasteiger partial charge in [-0.05, 0) is 25.4 Å². The summed E-state index contributed by atoms with van der Waals surface area (Å²) in [7, 11) is 2.82. The quantitative estimate of drug-likeness (QED) is 0.517. The van der Waals surface area contributed by atoms with E-state index in [2.05, 4.69) is 4.74 Å². The first-order valence-corrected chi connectivity index (χ1v) is 5.78. The summed E-state index contributed by atoms with van der Waals surface area (Å²) in [6.07, 6.45) is 2.88. The molecule has 0 saturated carbocycles. The van der Waals surface area contributed by atoms with Crippen LogP contribution in [0.25, 0.3) is 0 Å². The number of amides is 1. The number of carbonyl (C=O) groups excluding carboxylic acids is 2. The molecule has 0 N–H and O–H groups in total. The van der Waals surface area contributed by atoms with Crippen molar-refractivity contribution >= 4 is 23.6 Å². The lowest BCUT2D eigenvalue weighted by Crippen LogP contribution is -2.40. The van der Waals surface area contributed by atoms with E-state index in [0.29, 0.717) is 0 Å². The zero-order valence-electron chi connectivity index (χ0n) is 9.07.